The Morgan fingerprint density at radius 1 is 1.11 bits per heavy atom. The number of aryl methyl sites for hydroxylation is 1. The molecule has 4 aromatic rings. The number of anilines is 1. The van der Waals surface area contributed by atoms with Gasteiger partial charge < -0.3 is 14.3 Å². The van der Waals surface area contributed by atoms with Crippen LogP contribution in [-0.2, 0) is 17.9 Å². The van der Waals surface area contributed by atoms with Crippen molar-refractivity contribution < 1.29 is 18.4 Å². The number of benzene rings is 2. The Morgan fingerprint density at radius 2 is 1.86 bits per heavy atom. The van der Waals surface area contributed by atoms with E-state index in [2.05, 4.69) is 5.32 Å². The molecule has 2 aromatic carbocycles. The first-order valence-corrected chi connectivity index (χ1v) is 11.5. The van der Waals surface area contributed by atoms with Crippen LogP contribution in [0.2, 0.25) is 5.02 Å². The minimum absolute atomic E-state index is 0.152. The number of nitrogens with one attached hydrogen (secondary N) is 1. The largest absolute Gasteiger partial charge is 0.463 e. The van der Waals surface area contributed by atoms with Crippen molar-refractivity contribution in [1.29, 1.82) is 0 Å². The highest BCUT2D eigenvalue weighted by Gasteiger charge is 2.48. The van der Waals surface area contributed by atoms with E-state index >= 15 is 0 Å². The van der Waals surface area contributed by atoms with Gasteiger partial charge in [0.05, 0.1) is 18.5 Å². The van der Waals surface area contributed by atoms with E-state index in [0.717, 1.165) is 5.56 Å². The summed E-state index contributed by atoms with van der Waals surface area (Å²) in [6.07, 6.45) is 1.55. The van der Waals surface area contributed by atoms with Gasteiger partial charge >= 0.3 is 0 Å². The lowest BCUT2D eigenvalue weighted by molar-refractivity contribution is -0.126. The summed E-state index contributed by atoms with van der Waals surface area (Å²) in [7, 11) is 0. The summed E-state index contributed by atoms with van der Waals surface area (Å²) in [5.74, 6) is -0.632. The Morgan fingerprint density at radius 3 is 2.54 bits per heavy atom. The first-order valence-electron chi connectivity index (χ1n) is 11.1. The van der Waals surface area contributed by atoms with Gasteiger partial charge in [-0.1, -0.05) is 29.8 Å². The number of furan rings is 1. The molecule has 6 nitrogen and oxygen atoms in total. The van der Waals surface area contributed by atoms with E-state index in [-0.39, 0.29) is 19.0 Å². The zero-order chi connectivity index (χ0) is 24.7. The predicted molar refractivity (Wildman–Crippen MR) is 132 cm³/mol. The second-order valence-electron chi connectivity index (χ2n) is 8.82. The summed E-state index contributed by atoms with van der Waals surface area (Å²) in [6.45, 7) is 3.74. The number of halogens is 2. The van der Waals surface area contributed by atoms with Crippen molar-refractivity contribution in [2.24, 2.45) is 0 Å². The van der Waals surface area contributed by atoms with E-state index in [9.17, 15) is 14.0 Å². The van der Waals surface area contributed by atoms with Crippen molar-refractivity contribution in [1.82, 2.24) is 9.88 Å². The Bertz CT molecular complexity index is 1410. The number of carbonyl (C=O) groups is 2. The molecule has 1 atom stereocenters. The summed E-state index contributed by atoms with van der Waals surface area (Å²) in [5.41, 5.74) is 1.35. The molecule has 0 saturated heterocycles. The molecule has 0 aliphatic carbocycles. The molecule has 35 heavy (non-hydrogen) atoms. The SMILES string of the molecule is Cc1ccc(N2C(=O)c3ccc(-c4ccco4)n3C[C@]2(C)C(=O)NCc2ccc(Cl)cc2)cc1F. The third-order valence-electron chi connectivity index (χ3n) is 6.41. The topological polar surface area (TPSA) is 67.5 Å². The van der Waals surface area contributed by atoms with Gasteiger partial charge in [-0.05, 0) is 73.5 Å². The van der Waals surface area contributed by atoms with Crippen molar-refractivity contribution in [2.45, 2.75) is 32.5 Å². The number of hydrogen-bond acceptors (Lipinski definition) is 3. The van der Waals surface area contributed by atoms with Gasteiger partial charge in [-0.15, -0.1) is 0 Å². The highest BCUT2D eigenvalue weighted by molar-refractivity contribution is 6.30. The maximum absolute atomic E-state index is 14.5. The Labute approximate surface area is 206 Å². The molecule has 1 aliphatic heterocycles. The van der Waals surface area contributed by atoms with Gasteiger partial charge in [-0.25, -0.2) is 4.39 Å². The first kappa shape index (κ1) is 22.9. The maximum atomic E-state index is 14.5. The zero-order valence-electron chi connectivity index (χ0n) is 19.2. The molecule has 5 rings (SSSR count). The van der Waals surface area contributed by atoms with Crippen LogP contribution in [0.3, 0.4) is 0 Å². The monoisotopic (exact) mass is 491 g/mol. The van der Waals surface area contributed by atoms with Gasteiger partial charge in [0.2, 0.25) is 5.91 Å². The fourth-order valence-electron chi connectivity index (χ4n) is 4.45. The van der Waals surface area contributed by atoms with Crippen LogP contribution in [0.4, 0.5) is 10.1 Å². The summed E-state index contributed by atoms with van der Waals surface area (Å²) in [5, 5.41) is 3.55. The fourth-order valence-corrected chi connectivity index (χ4v) is 4.58. The molecule has 3 heterocycles. The highest BCUT2D eigenvalue weighted by Crippen LogP contribution is 2.37. The van der Waals surface area contributed by atoms with Crippen molar-refractivity contribution in [3.63, 3.8) is 0 Å². The van der Waals surface area contributed by atoms with Crippen LogP contribution in [-0.4, -0.2) is 21.9 Å². The average molecular weight is 492 g/mol. The lowest BCUT2D eigenvalue weighted by atomic mass is 9.93. The molecule has 0 bridgehead atoms. The number of amides is 2. The van der Waals surface area contributed by atoms with Gasteiger partial charge in [-0.3, -0.25) is 14.5 Å². The quantitative estimate of drug-likeness (QED) is 0.396. The van der Waals surface area contributed by atoms with Crippen LogP contribution in [0.5, 0.6) is 0 Å². The molecular weight excluding hydrogens is 469 g/mol. The van der Waals surface area contributed by atoms with E-state index in [1.807, 2.05) is 12.1 Å². The van der Waals surface area contributed by atoms with Crippen LogP contribution >= 0.6 is 11.6 Å². The third kappa shape index (κ3) is 4.02. The molecule has 2 aromatic heterocycles. The summed E-state index contributed by atoms with van der Waals surface area (Å²) in [6, 6.07) is 18.7. The van der Waals surface area contributed by atoms with Gasteiger partial charge in [0.1, 0.15) is 22.8 Å². The maximum Gasteiger partial charge on any atom is 0.275 e. The van der Waals surface area contributed by atoms with Gasteiger partial charge in [0.15, 0.2) is 0 Å². The van der Waals surface area contributed by atoms with E-state index in [4.69, 9.17) is 16.0 Å². The van der Waals surface area contributed by atoms with Crippen LogP contribution in [0.25, 0.3) is 11.5 Å². The van der Waals surface area contributed by atoms with Crippen LogP contribution < -0.4 is 10.2 Å². The number of nitrogens with zero attached hydrogens (tertiary/aromatic N) is 2. The molecule has 1 aliphatic rings. The molecule has 178 valence electrons. The number of carbonyl (C=O) groups excluding carboxylic acids is 2. The second-order valence-corrected chi connectivity index (χ2v) is 9.26. The predicted octanol–water partition coefficient (Wildman–Crippen LogP) is 5.58. The molecule has 0 saturated carbocycles. The van der Waals surface area contributed by atoms with Gasteiger partial charge in [-0.2, -0.15) is 0 Å². The smallest absolute Gasteiger partial charge is 0.275 e. The summed E-state index contributed by atoms with van der Waals surface area (Å²) >= 11 is 5.97. The average Bonchev–Trinajstić information content (AvgIpc) is 3.50. The standard InChI is InChI=1S/C27H23ClFN3O3/c1-17-5-10-20(14-21(17)29)32-25(33)23-12-11-22(24-4-3-13-35-24)31(23)16-27(32,2)26(34)30-15-18-6-8-19(28)9-7-18/h3-14H,15-16H2,1-2H3,(H,30,34)/t27-/m1/s1. The van der Waals surface area contributed by atoms with Gasteiger partial charge in [0.25, 0.3) is 5.91 Å². The Balaban J connectivity index is 1.56. The highest BCUT2D eigenvalue weighted by atomic mass is 35.5. The molecule has 0 unspecified atom stereocenters. The van der Waals surface area contributed by atoms with Crippen molar-refractivity contribution in [3.8, 4) is 11.5 Å². The molecular formula is C27H23ClFN3O3. The lowest BCUT2D eigenvalue weighted by Crippen LogP contribution is -2.64. The minimum Gasteiger partial charge on any atom is -0.463 e. The number of fused-ring (bicyclic) bond motifs is 1. The molecule has 1 N–H and O–H groups in total. The van der Waals surface area contributed by atoms with Crippen LogP contribution in [0, 0.1) is 12.7 Å². The first-order chi connectivity index (χ1) is 16.8. The van der Waals surface area contributed by atoms with Crippen molar-refractivity contribution in [3.05, 3.63) is 101 Å². The number of rotatable bonds is 5. The van der Waals surface area contributed by atoms with E-state index in [1.165, 1.54) is 11.0 Å². The number of hydrogen-bond donors (Lipinski definition) is 1. The summed E-state index contributed by atoms with van der Waals surface area (Å²) in [4.78, 5) is 28.9. The normalized spacial score (nSPS) is 17.4. The Kier molecular flexibility index (Phi) is 5.73. The third-order valence-corrected chi connectivity index (χ3v) is 6.66. The lowest BCUT2D eigenvalue weighted by Gasteiger charge is -2.44. The van der Waals surface area contributed by atoms with E-state index < -0.39 is 17.3 Å². The number of aromatic nitrogens is 1. The zero-order valence-corrected chi connectivity index (χ0v) is 20.0. The molecule has 0 spiro atoms. The summed E-state index contributed by atoms with van der Waals surface area (Å²) < 4.78 is 21.9. The molecule has 8 heteroatoms. The molecule has 2 amide bonds. The van der Waals surface area contributed by atoms with Crippen LogP contribution in [0.15, 0.2) is 77.4 Å². The van der Waals surface area contributed by atoms with Crippen molar-refractivity contribution in [2.75, 3.05) is 4.90 Å². The minimum atomic E-state index is -1.35. The van der Waals surface area contributed by atoms with Gasteiger partial charge in [0, 0.05) is 17.3 Å². The second kappa shape index (κ2) is 8.74. The van der Waals surface area contributed by atoms with Crippen LogP contribution in [0.1, 0.15) is 28.5 Å². The van der Waals surface area contributed by atoms with Crippen molar-refractivity contribution >= 4 is 29.1 Å². The van der Waals surface area contributed by atoms with E-state index in [1.54, 1.807) is 73.2 Å². The molecule has 0 fully saturated rings. The van der Waals surface area contributed by atoms with E-state index in [0.29, 0.717) is 33.4 Å². The molecule has 0 radical (unpaired) electrons. The Hall–Kier alpha value is -3.84. The fraction of sp³-hybridized carbons (Fsp3) is 0.185.